The maximum Gasteiger partial charge on any atom is 0.274 e. The van der Waals surface area contributed by atoms with Crippen molar-refractivity contribution in [3.63, 3.8) is 0 Å². The number of hydrogen-bond donors (Lipinski definition) is 1. The number of nitrogens with one attached hydrogen (secondary N) is 1. The Morgan fingerprint density at radius 2 is 2.17 bits per heavy atom. The van der Waals surface area contributed by atoms with E-state index in [-0.39, 0.29) is 5.91 Å². The molecular weight excluding hydrogens is 390 g/mol. The van der Waals surface area contributed by atoms with E-state index < -0.39 is 0 Å². The fourth-order valence-corrected chi connectivity index (χ4v) is 3.66. The maximum atomic E-state index is 12.5. The zero-order valence-electron chi connectivity index (χ0n) is 13.1. The van der Waals surface area contributed by atoms with E-state index in [2.05, 4.69) is 31.1 Å². The molecule has 4 rings (SSSR count). The van der Waals surface area contributed by atoms with Crippen LogP contribution in [-0.4, -0.2) is 28.4 Å². The minimum atomic E-state index is -0.234. The summed E-state index contributed by atoms with van der Waals surface area (Å²) in [7, 11) is 0. The molecular formula is C18H17BrClN3O. The number of carbonyl (C=O) groups is 1. The highest BCUT2D eigenvalue weighted by atomic mass is 79.9. The SMILES string of the molecule is O=C(Nc1cccc(Br)c1Cl)c1cc2c(cn1)CN(C1CC1)CC2. The Morgan fingerprint density at radius 1 is 1.33 bits per heavy atom. The number of halogens is 2. The van der Waals surface area contributed by atoms with Crippen molar-refractivity contribution in [2.75, 3.05) is 11.9 Å². The van der Waals surface area contributed by atoms with E-state index in [9.17, 15) is 4.79 Å². The summed E-state index contributed by atoms with van der Waals surface area (Å²) in [6.45, 7) is 2.02. The molecule has 1 aromatic carbocycles. The number of nitrogens with zero attached hydrogens (tertiary/aromatic N) is 2. The summed E-state index contributed by atoms with van der Waals surface area (Å²) in [6.07, 6.45) is 5.46. The predicted octanol–water partition coefficient (Wildman–Crippen LogP) is 4.27. The van der Waals surface area contributed by atoms with Crippen molar-refractivity contribution in [1.29, 1.82) is 0 Å². The minimum absolute atomic E-state index is 0.234. The highest BCUT2D eigenvalue weighted by Gasteiger charge is 2.31. The lowest BCUT2D eigenvalue weighted by atomic mass is 10.0. The summed E-state index contributed by atoms with van der Waals surface area (Å²) in [5, 5.41) is 3.33. The molecule has 2 aromatic rings. The van der Waals surface area contributed by atoms with Crippen LogP contribution in [0.5, 0.6) is 0 Å². The molecule has 2 heterocycles. The number of aromatic nitrogens is 1. The lowest BCUT2D eigenvalue weighted by Crippen LogP contribution is -2.32. The average Bonchev–Trinajstić information content (AvgIpc) is 3.43. The number of carbonyl (C=O) groups excluding carboxylic acids is 1. The highest BCUT2D eigenvalue weighted by molar-refractivity contribution is 9.10. The van der Waals surface area contributed by atoms with Crippen LogP contribution in [0.15, 0.2) is 34.9 Å². The van der Waals surface area contributed by atoms with Gasteiger partial charge in [0.15, 0.2) is 0 Å². The molecule has 0 unspecified atom stereocenters. The second kappa shape index (κ2) is 6.47. The molecule has 1 fully saturated rings. The van der Waals surface area contributed by atoms with Crippen LogP contribution in [0, 0.1) is 0 Å². The van der Waals surface area contributed by atoms with Crippen LogP contribution >= 0.6 is 27.5 Å². The Kier molecular flexibility index (Phi) is 4.33. The Bertz CT molecular complexity index is 807. The monoisotopic (exact) mass is 405 g/mol. The molecule has 4 nitrogen and oxygen atoms in total. The average molecular weight is 407 g/mol. The standard InChI is InChI=1S/C18H17BrClN3O/c19-14-2-1-3-15(17(14)20)22-18(24)16-8-11-6-7-23(13-4-5-13)10-12(11)9-21-16/h1-3,8-9,13H,4-7,10H2,(H,22,24). The van der Waals surface area contributed by atoms with Crippen LogP contribution in [0.4, 0.5) is 5.69 Å². The van der Waals surface area contributed by atoms with E-state index in [1.165, 1.54) is 24.0 Å². The third-order valence-corrected chi connectivity index (χ3v) is 5.92. The van der Waals surface area contributed by atoms with Gasteiger partial charge in [0.2, 0.25) is 0 Å². The summed E-state index contributed by atoms with van der Waals surface area (Å²) in [6, 6.07) is 8.12. The molecule has 0 spiro atoms. The summed E-state index contributed by atoms with van der Waals surface area (Å²) >= 11 is 9.56. The van der Waals surface area contributed by atoms with Crippen molar-refractivity contribution in [3.05, 3.63) is 56.8 Å². The van der Waals surface area contributed by atoms with E-state index >= 15 is 0 Å². The number of benzene rings is 1. The number of fused-ring (bicyclic) bond motifs is 1. The van der Waals surface area contributed by atoms with Crippen LogP contribution in [0.3, 0.4) is 0 Å². The molecule has 24 heavy (non-hydrogen) atoms. The van der Waals surface area contributed by atoms with Gasteiger partial charge in [0, 0.05) is 29.8 Å². The van der Waals surface area contributed by atoms with Crippen molar-refractivity contribution in [2.45, 2.75) is 31.8 Å². The van der Waals surface area contributed by atoms with Crippen molar-refractivity contribution >= 4 is 39.1 Å². The molecule has 1 aliphatic heterocycles. The largest absolute Gasteiger partial charge is 0.319 e. The lowest BCUT2D eigenvalue weighted by Gasteiger charge is -2.28. The van der Waals surface area contributed by atoms with Crippen LogP contribution in [0.1, 0.15) is 34.5 Å². The summed E-state index contributed by atoms with van der Waals surface area (Å²) < 4.78 is 0.750. The first kappa shape index (κ1) is 16.1. The second-order valence-corrected chi connectivity index (χ2v) is 7.58. The molecule has 0 radical (unpaired) electrons. The molecule has 1 amide bonds. The van der Waals surface area contributed by atoms with Gasteiger partial charge in [0.25, 0.3) is 5.91 Å². The van der Waals surface area contributed by atoms with Crippen molar-refractivity contribution in [1.82, 2.24) is 9.88 Å². The zero-order valence-corrected chi connectivity index (χ0v) is 15.4. The van der Waals surface area contributed by atoms with Gasteiger partial charge in [-0.3, -0.25) is 14.7 Å². The molecule has 124 valence electrons. The van der Waals surface area contributed by atoms with Gasteiger partial charge in [-0.2, -0.15) is 0 Å². The van der Waals surface area contributed by atoms with Gasteiger partial charge in [0.1, 0.15) is 5.69 Å². The third-order valence-electron chi connectivity index (χ3n) is 4.62. The molecule has 0 saturated heterocycles. The second-order valence-electron chi connectivity index (χ2n) is 6.35. The van der Waals surface area contributed by atoms with Crippen LogP contribution in [0.2, 0.25) is 5.02 Å². The van der Waals surface area contributed by atoms with Crippen LogP contribution < -0.4 is 5.32 Å². The Morgan fingerprint density at radius 3 is 2.96 bits per heavy atom. The number of rotatable bonds is 3. The van der Waals surface area contributed by atoms with Crippen LogP contribution in [0.25, 0.3) is 0 Å². The fourth-order valence-electron chi connectivity index (χ4n) is 3.12. The minimum Gasteiger partial charge on any atom is -0.319 e. The highest BCUT2D eigenvalue weighted by Crippen LogP contribution is 2.32. The molecule has 0 bridgehead atoms. The molecule has 1 aromatic heterocycles. The number of anilines is 1. The van der Waals surface area contributed by atoms with Gasteiger partial charge >= 0.3 is 0 Å². The van der Waals surface area contributed by atoms with E-state index in [1.807, 2.05) is 24.4 Å². The van der Waals surface area contributed by atoms with E-state index in [4.69, 9.17) is 11.6 Å². The van der Waals surface area contributed by atoms with Crippen molar-refractivity contribution in [3.8, 4) is 0 Å². The summed E-state index contributed by atoms with van der Waals surface area (Å²) in [5.74, 6) is -0.234. The van der Waals surface area contributed by atoms with Gasteiger partial charge < -0.3 is 5.32 Å². The third kappa shape index (κ3) is 3.21. The molecule has 1 N–H and O–H groups in total. The molecule has 1 aliphatic carbocycles. The van der Waals surface area contributed by atoms with Gasteiger partial charge in [0.05, 0.1) is 10.7 Å². The molecule has 6 heteroatoms. The van der Waals surface area contributed by atoms with Crippen molar-refractivity contribution in [2.24, 2.45) is 0 Å². The first-order chi connectivity index (χ1) is 11.6. The summed E-state index contributed by atoms with van der Waals surface area (Å²) in [4.78, 5) is 19.4. The van der Waals surface area contributed by atoms with Gasteiger partial charge in [-0.25, -0.2) is 0 Å². The number of amides is 1. The van der Waals surface area contributed by atoms with Gasteiger partial charge in [-0.05, 0) is 64.5 Å². The molecule has 0 atom stereocenters. The Balaban J connectivity index is 1.52. The fraction of sp³-hybridized carbons (Fsp3) is 0.333. The normalized spacial score (nSPS) is 17.4. The zero-order chi connectivity index (χ0) is 16.7. The first-order valence-corrected chi connectivity index (χ1v) is 9.26. The maximum absolute atomic E-state index is 12.5. The van der Waals surface area contributed by atoms with Crippen LogP contribution in [-0.2, 0) is 13.0 Å². The molecule has 1 saturated carbocycles. The number of hydrogen-bond acceptors (Lipinski definition) is 3. The van der Waals surface area contributed by atoms with Gasteiger partial charge in [-0.1, -0.05) is 17.7 Å². The van der Waals surface area contributed by atoms with E-state index in [1.54, 1.807) is 6.07 Å². The van der Waals surface area contributed by atoms with Gasteiger partial charge in [-0.15, -0.1) is 0 Å². The van der Waals surface area contributed by atoms with E-state index in [0.717, 1.165) is 30.0 Å². The van der Waals surface area contributed by atoms with E-state index in [0.29, 0.717) is 16.4 Å². The van der Waals surface area contributed by atoms with Crippen molar-refractivity contribution < 1.29 is 4.79 Å². The lowest BCUT2D eigenvalue weighted by molar-refractivity contribution is 0.102. The predicted molar refractivity (Wildman–Crippen MR) is 98.5 cm³/mol. The quantitative estimate of drug-likeness (QED) is 0.828. The first-order valence-electron chi connectivity index (χ1n) is 8.09. The summed E-state index contributed by atoms with van der Waals surface area (Å²) in [5.41, 5.74) is 3.48. The number of pyridine rings is 1. The smallest absolute Gasteiger partial charge is 0.274 e. The topological polar surface area (TPSA) is 45.2 Å². The molecule has 2 aliphatic rings. The Labute approximate surface area is 154 Å². The Hall–Kier alpha value is -1.43.